The van der Waals surface area contributed by atoms with E-state index in [0.29, 0.717) is 16.3 Å². The molecule has 2 heterocycles. The Balaban J connectivity index is 2.15. The first kappa shape index (κ1) is 12.5. The Morgan fingerprint density at radius 3 is 2.90 bits per heavy atom. The third-order valence-corrected chi connectivity index (χ3v) is 3.75. The number of nitrogens with zero attached hydrogens (tertiary/aromatic N) is 2. The second-order valence-electron chi connectivity index (χ2n) is 4.10. The molecule has 6 nitrogen and oxygen atoms in total. The average molecular weight is 290 g/mol. The van der Waals surface area contributed by atoms with Gasteiger partial charge in [-0.2, -0.15) is 0 Å². The lowest BCUT2D eigenvalue weighted by Gasteiger charge is -2.00. The highest BCUT2D eigenvalue weighted by molar-refractivity contribution is 7.12. The maximum Gasteiger partial charge on any atom is 0.355 e. The first-order valence-electron chi connectivity index (χ1n) is 5.67. The van der Waals surface area contributed by atoms with Crippen LogP contribution in [0.3, 0.4) is 0 Å². The van der Waals surface area contributed by atoms with Gasteiger partial charge >= 0.3 is 5.97 Å². The Morgan fingerprint density at radius 1 is 1.45 bits per heavy atom. The van der Waals surface area contributed by atoms with Crippen LogP contribution >= 0.6 is 11.3 Å². The van der Waals surface area contributed by atoms with Crippen molar-refractivity contribution in [3.8, 4) is 16.8 Å². The highest BCUT2D eigenvalue weighted by atomic mass is 32.1. The van der Waals surface area contributed by atoms with Crippen LogP contribution in [0.25, 0.3) is 15.9 Å². The second kappa shape index (κ2) is 4.53. The van der Waals surface area contributed by atoms with Crippen LogP contribution in [0.15, 0.2) is 29.8 Å². The smallest absolute Gasteiger partial charge is 0.355 e. The topological polar surface area (TPSA) is 84.6 Å². The Kier molecular flexibility index (Phi) is 2.83. The molecule has 3 rings (SSSR count). The molecule has 102 valence electrons. The van der Waals surface area contributed by atoms with Gasteiger partial charge in [-0.15, -0.1) is 11.3 Å². The van der Waals surface area contributed by atoms with Crippen molar-refractivity contribution in [2.75, 3.05) is 7.11 Å². The largest absolute Gasteiger partial charge is 0.497 e. The van der Waals surface area contributed by atoms with Crippen molar-refractivity contribution in [1.29, 1.82) is 0 Å². The van der Waals surface area contributed by atoms with Crippen LogP contribution in [0.4, 0.5) is 0 Å². The van der Waals surface area contributed by atoms with Gasteiger partial charge in [0, 0.05) is 22.3 Å². The van der Waals surface area contributed by atoms with E-state index < -0.39 is 5.97 Å². The van der Waals surface area contributed by atoms with Crippen molar-refractivity contribution >= 4 is 28.1 Å². The van der Waals surface area contributed by atoms with Crippen LogP contribution in [0.2, 0.25) is 0 Å². The molecule has 0 unspecified atom stereocenters. The Bertz CT molecular complexity index is 806. The molecule has 0 fully saturated rings. The molecule has 2 N–H and O–H groups in total. The number of carbonyl (C=O) groups is 1. The number of hydrogen-bond acceptors (Lipinski definition) is 5. The zero-order chi connectivity index (χ0) is 14.3. The maximum atomic E-state index is 10.8. The predicted octanol–water partition coefficient (Wildman–Crippen LogP) is 2.50. The van der Waals surface area contributed by atoms with E-state index in [0.717, 1.165) is 16.7 Å². The minimum Gasteiger partial charge on any atom is -0.497 e. The molecule has 0 radical (unpaired) electrons. The number of fused-ring (bicyclic) bond motifs is 1. The number of thiazole rings is 1. The minimum absolute atomic E-state index is 0.00480. The van der Waals surface area contributed by atoms with Gasteiger partial charge < -0.3 is 14.9 Å². The van der Waals surface area contributed by atoms with E-state index in [1.807, 2.05) is 6.07 Å². The number of aromatic carboxylic acids is 1. The van der Waals surface area contributed by atoms with Crippen molar-refractivity contribution in [1.82, 2.24) is 9.55 Å². The summed E-state index contributed by atoms with van der Waals surface area (Å²) in [6, 6.07) is 5.32. The Labute approximate surface area is 117 Å². The molecule has 0 aliphatic heterocycles. The molecule has 0 bridgehead atoms. The monoisotopic (exact) mass is 290 g/mol. The Morgan fingerprint density at radius 2 is 2.25 bits per heavy atom. The summed E-state index contributed by atoms with van der Waals surface area (Å²) in [6.45, 7) is 0. The summed E-state index contributed by atoms with van der Waals surface area (Å²) >= 11 is 1.15. The van der Waals surface area contributed by atoms with Crippen LogP contribution in [0.1, 0.15) is 10.5 Å². The number of ether oxygens (including phenoxy) is 1. The summed E-state index contributed by atoms with van der Waals surface area (Å²) in [6.07, 6.45) is 1.70. The number of carboxylic acids is 1. The van der Waals surface area contributed by atoms with Crippen LogP contribution < -0.4 is 4.74 Å². The van der Waals surface area contributed by atoms with Gasteiger partial charge in [0.05, 0.1) is 7.11 Å². The Hall–Kier alpha value is -2.54. The molecular formula is C13H10N2O4S. The number of aromatic hydroxyl groups is 1. The molecule has 0 atom stereocenters. The van der Waals surface area contributed by atoms with Crippen LogP contribution in [0.5, 0.6) is 11.6 Å². The number of benzene rings is 1. The van der Waals surface area contributed by atoms with Gasteiger partial charge in [0.15, 0.2) is 10.8 Å². The second-order valence-corrected chi connectivity index (χ2v) is 4.93. The molecular weight excluding hydrogens is 280 g/mol. The lowest BCUT2D eigenvalue weighted by Crippen LogP contribution is -1.97. The molecule has 3 aromatic rings. The summed E-state index contributed by atoms with van der Waals surface area (Å²) in [4.78, 5) is 14.8. The molecule has 2 aromatic heterocycles. The van der Waals surface area contributed by atoms with E-state index in [4.69, 9.17) is 9.84 Å². The van der Waals surface area contributed by atoms with E-state index in [2.05, 4.69) is 4.98 Å². The number of aromatic nitrogens is 2. The quantitative estimate of drug-likeness (QED) is 0.774. The third kappa shape index (κ3) is 1.88. The van der Waals surface area contributed by atoms with Gasteiger partial charge in [-0.1, -0.05) is 0 Å². The first-order valence-corrected chi connectivity index (χ1v) is 6.55. The first-order chi connectivity index (χ1) is 9.60. The van der Waals surface area contributed by atoms with Gasteiger partial charge in [0.2, 0.25) is 5.88 Å². The van der Waals surface area contributed by atoms with Crippen molar-refractivity contribution < 1.29 is 19.7 Å². The summed E-state index contributed by atoms with van der Waals surface area (Å²) in [5.41, 5.74) is -0.0419. The molecule has 7 heteroatoms. The van der Waals surface area contributed by atoms with Crippen molar-refractivity contribution in [3.05, 3.63) is 35.5 Å². The fourth-order valence-corrected chi connectivity index (χ4v) is 2.69. The lowest BCUT2D eigenvalue weighted by molar-refractivity contribution is 0.0691. The predicted molar refractivity (Wildman–Crippen MR) is 74.1 cm³/mol. The van der Waals surface area contributed by atoms with Crippen molar-refractivity contribution in [3.63, 3.8) is 0 Å². The minimum atomic E-state index is -1.09. The fourth-order valence-electron chi connectivity index (χ4n) is 1.92. The van der Waals surface area contributed by atoms with Crippen LogP contribution in [-0.2, 0) is 0 Å². The highest BCUT2D eigenvalue weighted by Crippen LogP contribution is 2.33. The van der Waals surface area contributed by atoms with E-state index in [1.165, 1.54) is 9.95 Å². The van der Waals surface area contributed by atoms with Crippen molar-refractivity contribution in [2.24, 2.45) is 0 Å². The van der Waals surface area contributed by atoms with E-state index >= 15 is 0 Å². The van der Waals surface area contributed by atoms with Gasteiger partial charge in [0.25, 0.3) is 0 Å². The van der Waals surface area contributed by atoms with Gasteiger partial charge in [-0.05, 0) is 18.2 Å². The van der Waals surface area contributed by atoms with E-state index in [9.17, 15) is 9.90 Å². The zero-order valence-electron chi connectivity index (χ0n) is 10.4. The molecule has 0 spiro atoms. The summed E-state index contributed by atoms with van der Waals surface area (Å²) in [5, 5.41) is 22.4. The number of carboxylic acid groups (broad SMARTS) is 1. The van der Waals surface area contributed by atoms with Gasteiger partial charge in [-0.3, -0.25) is 4.57 Å². The molecule has 20 heavy (non-hydrogen) atoms. The molecule has 0 saturated heterocycles. The van der Waals surface area contributed by atoms with E-state index in [1.54, 1.807) is 25.4 Å². The standard InChI is InChI=1S/C13H10N2O4S/c1-19-8-3-2-7-5-15(11(16)9(7)4-8)13-14-10(6-20-13)12(17)18/h2-6,16H,1H3,(H,17,18). The van der Waals surface area contributed by atoms with Crippen LogP contribution in [0, 0.1) is 0 Å². The molecule has 0 aliphatic carbocycles. The molecule has 0 amide bonds. The number of rotatable bonds is 3. The average Bonchev–Trinajstić information content (AvgIpc) is 3.04. The maximum absolute atomic E-state index is 10.8. The number of hydrogen-bond donors (Lipinski definition) is 2. The SMILES string of the molecule is COc1ccc2cn(-c3nc(C(=O)O)cs3)c(O)c2c1. The van der Waals surface area contributed by atoms with Gasteiger partial charge in [0.1, 0.15) is 5.75 Å². The van der Waals surface area contributed by atoms with E-state index in [-0.39, 0.29) is 11.6 Å². The third-order valence-electron chi connectivity index (χ3n) is 2.91. The normalized spacial score (nSPS) is 10.8. The molecule has 0 aliphatic rings. The van der Waals surface area contributed by atoms with Crippen LogP contribution in [-0.4, -0.2) is 32.8 Å². The lowest BCUT2D eigenvalue weighted by atomic mass is 10.2. The fraction of sp³-hybridized carbons (Fsp3) is 0.0769. The zero-order valence-corrected chi connectivity index (χ0v) is 11.2. The molecule has 0 saturated carbocycles. The van der Waals surface area contributed by atoms with Crippen molar-refractivity contribution in [2.45, 2.75) is 0 Å². The highest BCUT2D eigenvalue weighted by Gasteiger charge is 2.15. The number of methoxy groups -OCH3 is 1. The summed E-state index contributed by atoms with van der Waals surface area (Å²) < 4.78 is 6.58. The summed E-state index contributed by atoms with van der Waals surface area (Å²) in [7, 11) is 1.55. The summed E-state index contributed by atoms with van der Waals surface area (Å²) in [5.74, 6) is -0.452. The molecule has 1 aromatic carbocycles. The van der Waals surface area contributed by atoms with Gasteiger partial charge in [-0.25, -0.2) is 9.78 Å².